The number of nitrogens with one attached hydrogen (secondary N) is 2. The minimum absolute atomic E-state index is 0.279. The molecule has 2 aromatic rings. The number of halogens is 2. The predicted molar refractivity (Wildman–Crippen MR) is 124 cm³/mol. The second-order valence-electron chi connectivity index (χ2n) is 7.23. The second kappa shape index (κ2) is 10.1. The number of methoxy groups -OCH3 is 1. The van der Waals surface area contributed by atoms with Gasteiger partial charge in [0.2, 0.25) is 0 Å². The molecule has 3 amide bonds. The summed E-state index contributed by atoms with van der Waals surface area (Å²) in [5, 5.41) is 6.31. The minimum Gasteiger partial charge on any atom is -0.466 e. The Morgan fingerprint density at radius 1 is 1.12 bits per heavy atom. The lowest BCUT2D eigenvalue weighted by Gasteiger charge is -2.35. The standard InChI is InChI=1S/C23H23Cl2N3O4/c1-4-11-28-13(2)19(22(30)32-3)20(27-23(28)31)14-5-8-16(9-6-14)26-21(29)15-7-10-17(24)18(25)12-15/h5-10,12,20H,4,11H2,1-3H3,(H,26,29)(H,27,31). The summed E-state index contributed by atoms with van der Waals surface area (Å²) in [6, 6.07) is 10.5. The third-order valence-corrected chi connectivity index (χ3v) is 5.87. The van der Waals surface area contributed by atoms with Crippen LogP contribution >= 0.6 is 23.2 Å². The fraction of sp³-hybridized carbons (Fsp3) is 0.261. The van der Waals surface area contributed by atoms with E-state index in [1.54, 1.807) is 43.3 Å². The van der Waals surface area contributed by atoms with Crippen molar-refractivity contribution in [3.8, 4) is 0 Å². The number of anilines is 1. The van der Waals surface area contributed by atoms with Gasteiger partial charge in [0.05, 0.1) is 28.8 Å². The highest BCUT2D eigenvalue weighted by Gasteiger charge is 2.35. The van der Waals surface area contributed by atoms with Crippen LogP contribution in [0.2, 0.25) is 10.0 Å². The number of esters is 1. The van der Waals surface area contributed by atoms with Gasteiger partial charge in [-0.25, -0.2) is 9.59 Å². The largest absolute Gasteiger partial charge is 0.466 e. The highest BCUT2D eigenvalue weighted by atomic mass is 35.5. The quantitative estimate of drug-likeness (QED) is 0.564. The number of ether oxygens (including phenoxy) is 1. The van der Waals surface area contributed by atoms with Crippen LogP contribution in [0.4, 0.5) is 10.5 Å². The topological polar surface area (TPSA) is 87.7 Å². The second-order valence-corrected chi connectivity index (χ2v) is 8.04. The van der Waals surface area contributed by atoms with Crippen LogP contribution in [0.5, 0.6) is 0 Å². The Morgan fingerprint density at radius 3 is 2.41 bits per heavy atom. The van der Waals surface area contributed by atoms with Crippen molar-refractivity contribution < 1.29 is 19.1 Å². The Labute approximate surface area is 196 Å². The number of urea groups is 1. The van der Waals surface area contributed by atoms with Gasteiger partial charge in [0.25, 0.3) is 5.91 Å². The zero-order valence-electron chi connectivity index (χ0n) is 17.9. The van der Waals surface area contributed by atoms with Gasteiger partial charge < -0.3 is 15.4 Å². The first-order valence-electron chi connectivity index (χ1n) is 10.00. The predicted octanol–water partition coefficient (Wildman–Crippen LogP) is 5.17. The number of rotatable bonds is 6. The Balaban J connectivity index is 1.85. The molecule has 2 N–H and O–H groups in total. The molecule has 9 heteroatoms. The van der Waals surface area contributed by atoms with Crippen molar-refractivity contribution in [3.05, 3.63) is 74.9 Å². The maximum absolute atomic E-state index is 12.6. The van der Waals surface area contributed by atoms with E-state index in [-0.39, 0.29) is 17.0 Å². The van der Waals surface area contributed by atoms with Crippen LogP contribution in [0.15, 0.2) is 53.7 Å². The number of hydrogen-bond donors (Lipinski definition) is 2. The molecule has 0 aromatic heterocycles. The first-order valence-corrected chi connectivity index (χ1v) is 10.8. The lowest BCUT2D eigenvalue weighted by atomic mass is 9.94. The van der Waals surface area contributed by atoms with Crippen molar-refractivity contribution in [2.45, 2.75) is 26.3 Å². The highest BCUT2D eigenvalue weighted by molar-refractivity contribution is 6.42. The van der Waals surface area contributed by atoms with Gasteiger partial charge in [-0.05, 0) is 49.2 Å². The molecule has 2 aromatic carbocycles. The molecule has 0 saturated carbocycles. The smallest absolute Gasteiger partial charge is 0.337 e. The van der Waals surface area contributed by atoms with E-state index < -0.39 is 12.0 Å². The SMILES string of the molecule is CCCN1C(=O)NC(c2ccc(NC(=O)c3ccc(Cl)c(Cl)c3)cc2)C(C(=O)OC)=C1C. The molecule has 0 aliphatic carbocycles. The number of carbonyl (C=O) groups excluding carboxylic acids is 3. The van der Waals surface area contributed by atoms with Crippen LogP contribution in [-0.2, 0) is 9.53 Å². The number of carbonyl (C=O) groups is 3. The van der Waals surface area contributed by atoms with Gasteiger partial charge in [-0.3, -0.25) is 9.69 Å². The van der Waals surface area contributed by atoms with Gasteiger partial charge in [0.1, 0.15) is 0 Å². The minimum atomic E-state index is -0.664. The maximum atomic E-state index is 12.6. The molecule has 1 atom stereocenters. The number of nitrogens with zero attached hydrogens (tertiary/aromatic N) is 1. The summed E-state index contributed by atoms with van der Waals surface area (Å²) in [5.74, 6) is -0.853. The molecule has 0 fully saturated rings. The van der Waals surface area contributed by atoms with Crippen molar-refractivity contribution in [1.82, 2.24) is 10.2 Å². The summed E-state index contributed by atoms with van der Waals surface area (Å²) in [4.78, 5) is 39.1. The van der Waals surface area contributed by atoms with E-state index in [0.29, 0.717) is 39.7 Å². The number of allylic oxidation sites excluding steroid dienone is 1. The fourth-order valence-electron chi connectivity index (χ4n) is 3.50. The summed E-state index contributed by atoms with van der Waals surface area (Å²) in [5.41, 5.74) is 2.52. The molecule has 0 saturated heterocycles. The molecule has 1 aliphatic heterocycles. The summed E-state index contributed by atoms with van der Waals surface area (Å²) >= 11 is 11.9. The number of benzene rings is 2. The summed E-state index contributed by atoms with van der Waals surface area (Å²) < 4.78 is 4.96. The third-order valence-electron chi connectivity index (χ3n) is 5.13. The van der Waals surface area contributed by atoms with Crippen LogP contribution in [0.3, 0.4) is 0 Å². The van der Waals surface area contributed by atoms with Gasteiger partial charge >= 0.3 is 12.0 Å². The molecule has 3 rings (SSSR count). The zero-order chi connectivity index (χ0) is 23.4. The van der Waals surface area contributed by atoms with E-state index in [2.05, 4.69) is 10.6 Å². The van der Waals surface area contributed by atoms with Gasteiger partial charge in [0, 0.05) is 23.5 Å². The first-order chi connectivity index (χ1) is 15.3. The molecular weight excluding hydrogens is 453 g/mol. The summed E-state index contributed by atoms with van der Waals surface area (Å²) in [6.07, 6.45) is 0.747. The van der Waals surface area contributed by atoms with Gasteiger partial charge in [-0.1, -0.05) is 42.3 Å². The lowest BCUT2D eigenvalue weighted by Crippen LogP contribution is -2.48. The molecule has 0 radical (unpaired) electrons. The van der Waals surface area contributed by atoms with Crippen molar-refractivity contribution >= 4 is 46.8 Å². The van der Waals surface area contributed by atoms with Crippen LogP contribution in [0, 0.1) is 0 Å². The van der Waals surface area contributed by atoms with Crippen LogP contribution in [-0.4, -0.2) is 36.5 Å². The van der Waals surface area contributed by atoms with Crippen LogP contribution in [0.25, 0.3) is 0 Å². The third kappa shape index (κ3) is 4.89. The van der Waals surface area contributed by atoms with E-state index in [9.17, 15) is 14.4 Å². The molecule has 32 heavy (non-hydrogen) atoms. The fourth-order valence-corrected chi connectivity index (χ4v) is 3.80. The summed E-state index contributed by atoms with van der Waals surface area (Å²) in [7, 11) is 1.31. The molecule has 1 aliphatic rings. The van der Waals surface area contributed by atoms with Gasteiger partial charge in [-0.15, -0.1) is 0 Å². The van der Waals surface area contributed by atoms with E-state index in [0.717, 1.165) is 6.42 Å². The Hall–Kier alpha value is -3.03. The molecule has 1 unspecified atom stereocenters. The van der Waals surface area contributed by atoms with Gasteiger partial charge in [0.15, 0.2) is 0 Å². The summed E-state index contributed by atoms with van der Waals surface area (Å²) in [6.45, 7) is 4.18. The molecule has 0 spiro atoms. The van der Waals surface area contributed by atoms with Crippen molar-refractivity contribution in [2.24, 2.45) is 0 Å². The van der Waals surface area contributed by atoms with E-state index in [1.807, 2.05) is 6.92 Å². The average Bonchev–Trinajstić information content (AvgIpc) is 2.78. The number of amides is 3. The Morgan fingerprint density at radius 2 is 1.81 bits per heavy atom. The Kier molecular flexibility index (Phi) is 7.43. The molecule has 168 valence electrons. The van der Waals surface area contributed by atoms with E-state index in [1.165, 1.54) is 18.1 Å². The van der Waals surface area contributed by atoms with Crippen molar-refractivity contribution in [3.63, 3.8) is 0 Å². The normalized spacial score (nSPS) is 16.0. The monoisotopic (exact) mass is 475 g/mol. The van der Waals surface area contributed by atoms with Crippen LogP contribution < -0.4 is 10.6 Å². The maximum Gasteiger partial charge on any atom is 0.337 e. The van der Waals surface area contributed by atoms with E-state index >= 15 is 0 Å². The average molecular weight is 476 g/mol. The van der Waals surface area contributed by atoms with E-state index in [4.69, 9.17) is 27.9 Å². The van der Waals surface area contributed by atoms with Crippen LogP contribution in [0.1, 0.15) is 42.2 Å². The van der Waals surface area contributed by atoms with Gasteiger partial charge in [-0.2, -0.15) is 0 Å². The molecule has 1 heterocycles. The number of hydrogen-bond acceptors (Lipinski definition) is 4. The Bertz CT molecular complexity index is 1080. The molecular formula is C23H23Cl2N3O4. The highest BCUT2D eigenvalue weighted by Crippen LogP contribution is 2.32. The molecule has 0 bridgehead atoms. The molecule has 7 nitrogen and oxygen atoms in total. The first kappa shape index (κ1) is 23.6. The van der Waals surface area contributed by atoms with Crippen molar-refractivity contribution in [1.29, 1.82) is 0 Å². The lowest BCUT2D eigenvalue weighted by molar-refractivity contribution is -0.136. The zero-order valence-corrected chi connectivity index (χ0v) is 19.4. The van der Waals surface area contributed by atoms with Crippen molar-refractivity contribution in [2.75, 3.05) is 19.0 Å².